The fraction of sp³-hybridized carbons (Fsp3) is 0.222. The zero-order valence-corrected chi connectivity index (χ0v) is 14.2. The van der Waals surface area contributed by atoms with Gasteiger partial charge in [0.05, 0.1) is 17.8 Å². The van der Waals surface area contributed by atoms with Gasteiger partial charge in [-0.2, -0.15) is 0 Å². The zero-order chi connectivity index (χ0) is 17.8. The van der Waals surface area contributed by atoms with Crippen LogP contribution in [0.15, 0.2) is 47.4 Å². The van der Waals surface area contributed by atoms with Gasteiger partial charge in [-0.3, -0.25) is 9.78 Å². The number of carbonyl (C=O) groups is 1. The Morgan fingerprint density at radius 1 is 1.28 bits per heavy atom. The SMILES string of the molecule is Cc1noc(C)c1[C@H](C)C(=O)Nc1cccc(Oc2cnccn2)c1. The molecule has 0 fully saturated rings. The number of rotatable bonds is 5. The van der Waals surface area contributed by atoms with Gasteiger partial charge >= 0.3 is 0 Å². The van der Waals surface area contributed by atoms with E-state index in [1.807, 2.05) is 13.8 Å². The van der Waals surface area contributed by atoms with Crippen LogP contribution in [0.3, 0.4) is 0 Å². The topological polar surface area (TPSA) is 90.1 Å². The second-order valence-electron chi connectivity index (χ2n) is 5.62. The quantitative estimate of drug-likeness (QED) is 0.764. The predicted octanol–water partition coefficient (Wildman–Crippen LogP) is 3.62. The van der Waals surface area contributed by atoms with E-state index in [0.717, 1.165) is 11.3 Å². The molecule has 25 heavy (non-hydrogen) atoms. The van der Waals surface area contributed by atoms with Crippen LogP contribution in [0.4, 0.5) is 5.69 Å². The number of anilines is 1. The van der Waals surface area contributed by atoms with E-state index in [4.69, 9.17) is 9.26 Å². The number of carbonyl (C=O) groups excluding carboxylic acids is 1. The molecule has 0 aliphatic carbocycles. The maximum atomic E-state index is 12.5. The van der Waals surface area contributed by atoms with Gasteiger partial charge < -0.3 is 14.6 Å². The number of hydrogen-bond donors (Lipinski definition) is 1. The van der Waals surface area contributed by atoms with Gasteiger partial charge in [0.25, 0.3) is 0 Å². The molecule has 2 aromatic heterocycles. The van der Waals surface area contributed by atoms with Crippen LogP contribution in [0, 0.1) is 13.8 Å². The summed E-state index contributed by atoms with van der Waals surface area (Å²) in [5.41, 5.74) is 2.16. The maximum absolute atomic E-state index is 12.5. The molecule has 0 radical (unpaired) electrons. The van der Waals surface area contributed by atoms with Crippen LogP contribution in [0.5, 0.6) is 11.6 Å². The molecule has 0 unspecified atom stereocenters. The highest BCUT2D eigenvalue weighted by molar-refractivity contribution is 5.96. The Kier molecular flexibility index (Phi) is 4.74. The summed E-state index contributed by atoms with van der Waals surface area (Å²) < 4.78 is 10.8. The molecule has 0 saturated carbocycles. The summed E-state index contributed by atoms with van der Waals surface area (Å²) >= 11 is 0. The largest absolute Gasteiger partial charge is 0.437 e. The molecule has 1 atom stereocenters. The van der Waals surface area contributed by atoms with Crippen molar-refractivity contribution in [2.24, 2.45) is 0 Å². The lowest BCUT2D eigenvalue weighted by molar-refractivity contribution is -0.117. The molecule has 3 rings (SSSR count). The van der Waals surface area contributed by atoms with Gasteiger partial charge in [0.2, 0.25) is 11.8 Å². The van der Waals surface area contributed by atoms with Crippen molar-refractivity contribution in [2.75, 3.05) is 5.32 Å². The molecule has 2 heterocycles. The molecule has 0 bridgehead atoms. The Bertz CT molecular complexity index is 858. The Hall–Kier alpha value is -3.22. The van der Waals surface area contributed by atoms with Crippen molar-refractivity contribution in [1.29, 1.82) is 0 Å². The first-order valence-corrected chi connectivity index (χ1v) is 7.82. The Labute approximate surface area is 145 Å². The van der Waals surface area contributed by atoms with E-state index < -0.39 is 0 Å². The van der Waals surface area contributed by atoms with Crippen molar-refractivity contribution in [3.05, 3.63) is 59.9 Å². The minimum absolute atomic E-state index is 0.147. The summed E-state index contributed by atoms with van der Waals surface area (Å²) in [5.74, 6) is 1.07. The number of amides is 1. The zero-order valence-electron chi connectivity index (χ0n) is 14.2. The van der Waals surface area contributed by atoms with Crippen LogP contribution in [-0.2, 0) is 4.79 Å². The molecule has 0 saturated heterocycles. The van der Waals surface area contributed by atoms with Gasteiger partial charge in [-0.15, -0.1) is 0 Å². The fourth-order valence-electron chi connectivity index (χ4n) is 2.59. The highest BCUT2D eigenvalue weighted by Crippen LogP contribution is 2.26. The highest BCUT2D eigenvalue weighted by atomic mass is 16.5. The van der Waals surface area contributed by atoms with Crippen molar-refractivity contribution in [1.82, 2.24) is 15.1 Å². The van der Waals surface area contributed by atoms with Crippen molar-refractivity contribution in [2.45, 2.75) is 26.7 Å². The van der Waals surface area contributed by atoms with E-state index in [9.17, 15) is 4.79 Å². The van der Waals surface area contributed by atoms with E-state index in [1.54, 1.807) is 43.6 Å². The Morgan fingerprint density at radius 3 is 2.80 bits per heavy atom. The molecule has 128 valence electrons. The average molecular weight is 338 g/mol. The fourth-order valence-corrected chi connectivity index (χ4v) is 2.59. The first kappa shape index (κ1) is 16.6. The smallest absolute Gasteiger partial charge is 0.237 e. The van der Waals surface area contributed by atoms with E-state index in [1.165, 1.54) is 6.20 Å². The van der Waals surface area contributed by atoms with Crippen molar-refractivity contribution in [3.8, 4) is 11.6 Å². The molecular formula is C18H18N4O3. The number of benzene rings is 1. The lowest BCUT2D eigenvalue weighted by Crippen LogP contribution is -2.19. The molecule has 0 spiro atoms. The third kappa shape index (κ3) is 3.82. The summed E-state index contributed by atoms with van der Waals surface area (Å²) in [6.07, 6.45) is 4.64. The molecule has 1 N–H and O–H groups in total. The second kappa shape index (κ2) is 7.12. The number of nitrogens with one attached hydrogen (secondary N) is 1. The van der Waals surface area contributed by atoms with Crippen molar-refractivity contribution in [3.63, 3.8) is 0 Å². The van der Waals surface area contributed by atoms with Gasteiger partial charge in [0.15, 0.2) is 0 Å². The van der Waals surface area contributed by atoms with E-state index in [2.05, 4.69) is 20.4 Å². The summed E-state index contributed by atoms with van der Waals surface area (Å²) in [7, 11) is 0. The van der Waals surface area contributed by atoms with Crippen LogP contribution in [0.1, 0.15) is 29.9 Å². The highest BCUT2D eigenvalue weighted by Gasteiger charge is 2.23. The van der Waals surface area contributed by atoms with Crippen molar-refractivity contribution >= 4 is 11.6 Å². The first-order valence-electron chi connectivity index (χ1n) is 7.82. The average Bonchev–Trinajstić information content (AvgIpc) is 2.94. The van der Waals surface area contributed by atoms with Gasteiger partial charge in [-0.05, 0) is 32.9 Å². The van der Waals surface area contributed by atoms with E-state index >= 15 is 0 Å². The summed E-state index contributed by atoms with van der Waals surface area (Å²) in [4.78, 5) is 20.5. The molecular weight excluding hydrogens is 320 g/mol. The third-order valence-electron chi connectivity index (χ3n) is 3.78. The lowest BCUT2D eigenvalue weighted by Gasteiger charge is -2.13. The summed E-state index contributed by atoms with van der Waals surface area (Å²) in [6.45, 7) is 5.45. The standard InChI is InChI=1S/C18H18N4O3/c1-11(17-12(2)22-25-13(17)3)18(23)21-14-5-4-6-15(9-14)24-16-10-19-7-8-20-16/h4-11H,1-3H3,(H,21,23)/t11-/m0/s1. The number of hydrogen-bond acceptors (Lipinski definition) is 6. The van der Waals surface area contributed by atoms with Gasteiger partial charge in [-0.25, -0.2) is 4.98 Å². The molecule has 3 aromatic rings. The molecule has 7 heteroatoms. The van der Waals surface area contributed by atoms with E-state index in [-0.39, 0.29) is 11.8 Å². The summed E-state index contributed by atoms with van der Waals surface area (Å²) in [6, 6.07) is 7.10. The van der Waals surface area contributed by atoms with Crippen LogP contribution >= 0.6 is 0 Å². The van der Waals surface area contributed by atoms with Crippen LogP contribution in [-0.4, -0.2) is 21.0 Å². The maximum Gasteiger partial charge on any atom is 0.237 e. The lowest BCUT2D eigenvalue weighted by atomic mass is 9.98. The minimum Gasteiger partial charge on any atom is -0.437 e. The molecule has 1 aromatic carbocycles. The van der Waals surface area contributed by atoms with Crippen LogP contribution in [0.2, 0.25) is 0 Å². The van der Waals surface area contributed by atoms with Gasteiger partial charge in [0, 0.05) is 29.7 Å². The Morgan fingerprint density at radius 2 is 2.12 bits per heavy atom. The normalized spacial score (nSPS) is 11.8. The molecule has 7 nitrogen and oxygen atoms in total. The Balaban J connectivity index is 1.72. The number of aryl methyl sites for hydroxylation is 2. The predicted molar refractivity (Wildman–Crippen MR) is 91.6 cm³/mol. The number of nitrogens with zero attached hydrogens (tertiary/aromatic N) is 3. The minimum atomic E-state index is -0.379. The van der Waals surface area contributed by atoms with Gasteiger partial charge in [-0.1, -0.05) is 11.2 Å². The molecule has 0 aliphatic heterocycles. The van der Waals surface area contributed by atoms with Gasteiger partial charge in [0.1, 0.15) is 11.5 Å². The second-order valence-corrected chi connectivity index (χ2v) is 5.62. The monoisotopic (exact) mass is 338 g/mol. The number of aromatic nitrogens is 3. The molecule has 1 amide bonds. The molecule has 0 aliphatic rings. The van der Waals surface area contributed by atoms with Crippen LogP contribution in [0.25, 0.3) is 0 Å². The van der Waals surface area contributed by atoms with Crippen LogP contribution < -0.4 is 10.1 Å². The van der Waals surface area contributed by atoms with E-state index in [0.29, 0.717) is 23.1 Å². The number of ether oxygens (including phenoxy) is 1. The summed E-state index contributed by atoms with van der Waals surface area (Å²) in [5, 5.41) is 6.79. The first-order chi connectivity index (χ1) is 12.0. The third-order valence-corrected chi connectivity index (χ3v) is 3.78. The van der Waals surface area contributed by atoms with Crippen molar-refractivity contribution < 1.29 is 14.1 Å².